The van der Waals surface area contributed by atoms with Gasteiger partial charge in [-0.1, -0.05) is 31.2 Å². The molecule has 1 N–H and O–H groups in total. The summed E-state index contributed by atoms with van der Waals surface area (Å²) in [6, 6.07) is 7.95. The molecule has 1 rings (SSSR count). The van der Waals surface area contributed by atoms with Crippen LogP contribution >= 0.6 is 0 Å². The van der Waals surface area contributed by atoms with Gasteiger partial charge in [-0.3, -0.25) is 4.90 Å². The molecular formula is C13H20F2N2. The van der Waals surface area contributed by atoms with E-state index in [4.69, 9.17) is 0 Å². The Kier molecular flexibility index (Phi) is 6.08. The Hall–Kier alpha value is -1.00. The molecule has 0 heterocycles. The van der Waals surface area contributed by atoms with Gasteiger partial charge in [0.25, 0.3) is 6.43 Å². The van der Waals surface area contributed by atoms with E-state index in [0.717, 1.165) is 18.7 Å². The first-order valence-electron chi connectivity index (χ1n) is 5.87. The van der Waals surface area contributed by atoms with Crippen molar-refractivity contribution in [1.82, 2.24) is 10.2 Å². The average Bonchev–Trinajstić information content (AvgIpc) is 2.26. The zero-order chi connectivity index (χ0) is 12.7. The first kappa shape index (κ1) is 14.1. The summed E-state index contributed by atoms with van der Waals surface area (Å²) >= 11 is 0. The van der Waals surface area contributed by atoms with Crippen molar-refractivity contribution in [3.05, 3.63) is 35.4 Å². The van der Waals surface area contributed by atoms with Gasteiger partial charge in [-0.05, 0) is 24.7 Å². The summed E-state index contributed by atoms with van der Waals surface area (Å²) in [6.45, 7) is 4.11. The maximum Gasteiger partial charge on any atom is 0.251 e. The molecule has 0 aliphatic heterocycles. The zero-order valence-electron chi connectivity index (χ0n) is 10.4. The topological polar surface area (TPSA) is 15.3 Å². The zero-order valence-corrected chi connectivity index (χ0v) is 10.4. The lowest BCUT2D eigenvalue weighted by molar-refractivity contribution is 0.0974. The summed E-state index contributed by atoms with van der Waals surface area (Å²) in [7, 11) is 1.72. The van der Waals surface area contributed by atoms with Crippen LogP contribution in [0.25, 0.3) is 0 Å². The molecule has 0 aliphatic rings. The van der Waals surface area contributed by atoms with E-state index in [1.165, 1.54) is 5.56 Å². The maximum atomic E-state index is 12.2. The van der Waals surface area contributed by atoms with E-state index in [2.05, 4.69) is 5.32 Å². The van der Waals surface area contributed by atoms with E-state index < -0.39 is 6.43 Å². The maximum absolute atomic E-state index is 12.2. The molecule has 0 atom stereocenters. The summed E-state index contributed by atoms with van der Waals surface area (Å²) in [5, 5.41) is 3.25. The van der Waals surface area contributed by atoms with Crippen LogP contribution in [-0.4, -0.2) is 31.5 Å². The molecule has 0 saturated heterocycles. The second-order valence-corrected chi connectivity index (χ2v) is 4.14. The number of hydrogen-bond donors (Lipinski definition) is 1. The molecule has 0 aromatic heterocycles. The minimum atomic E-state index is -2.28. The van der Waals surface area contributed by atoms with Gasteiger partial charge in [0.2, 0.25) is 0 Å². The Morgan fingerprint density at radius 2 is 1.88 bits per heavy atom. The predicted molar refractivity (Wildman–Crippen MR) is 66.2 cm³/mol. The van der Waals surface area contributed by atoms with Crippen molar-refractivity contribution in [2.45, 2.75) is 26.4 Å². The molecule has 0 spiro atoms. The molecule has 1 aromatic rings. The van der Waals surface area contributed by atoms with Crippen LogP contribution in [0.3, 0.4) is 0 Å². The summed E-state index contributed by atoms with van der Waals surface area (Å²) in [4.78, 5) is 1.65. The van der Waals surface area contributed by atoms with E-state index >= 15 is 0 Å². The van der Waals surface area contributed by atoms with E-state index in [1.807, 2.05) is 31.2 Å². The first-order chi connectivity index (χ1) is 8.13. The van der Waals surface area contributed by atoms with Gasteiger partial charge in [0.15, 0.2) is 0 Å². The molecular weight excluding hydrogens is 222 g/mol. The van der Waals surface area contributed by atoms with Gasteiger partial charge in [0.1, 0.15) is 0 Å². The fraction of sp³-hybridized carbons (Fsp3) is 0.538. The minimum Gasteiger partial charge on any atom is -0.313 e. The van der Waals surface area contributed by atoms with E-state index in [0.29, 0.717) is 6.54 Å². The molecule has 2 nitrogen and oxygen atoms in total. The number of halogens is 2. The summed E-state index contributed by atoms with van der Waals surface area (Å²) in [5.74, 6) is 0. The van der Waals surface area contributed by atoms with Crippen molar-refractivity contribution < 1.29 is 8.78 Å². The van der Waals surface area contributed by atoms with Crippen LogP contribution in [0.5, 0.6) is 0 Å². The van der Waals surface area contributed by atoms with Gasteiger partial charge in [0.05, 0.1) is 6.54 Å². The smallest absolute Gasteiger partial charge is 0.251 e. The number of hydrogen-bond acceptors (Lipinski definition) is 2. The Morgan fingerprint density at radius 1 is 1.24 bits per heavy atom. The highest BCUT2D eigenvalue weighted by atomic mass is 19.3. The lowest BCUT2D eigenvalue weighted by Crippen LogP contribution is -2.25. The third-order valence-electron chi connectivity index (χ3n) is 2.57. The number of nitrogens with zero attached hydrogens (tertiary/aromatic N) is 1. The molecule has 0 amide bonds. The van der Waals surface area contributed by atoms with Crippen molar-refractivity contribution in [2.75, 3.05) is 20.1 Å². The van der Waals surface area contributed by atoms with Crippen LogP contribution in [0.1, 0.15) is 18.1 Å². The van der Waals surface area contributed by atoms with Crippen LogP contribution in [0, 0.1) is 0 Å². The van der Waals surface area contributed by atoms with Crippen molar-refractivity contribution in [3.8, 4) is 0 Å². The largest absolute Gasteiger partial charge is 0.313 e. The Bertz CT molecular complexity index is 329. The van der Waals surface area contributed by atoms with Crippen LogP contribution in [0.15, 0.2) is 24.3 Å². The van der Waals surface area contributed by atoms with E-state index in [1.54, 1.807) is 11.9 Å². The standard InChI is InChI=1S/C13H20F2N2/c1-3-16-8-11-6-4-5-7-12(11)9-17(2)10-13(14)15/h4-7,13,16H,3,8-10H2,1-2H3. The van der Waals surface area contributed by atoms with Gasteiger partial charge < -0.3 is 5.32 Å². The monoisotopic (exact) mass is 242 g/mol. The quantitative estimate of drug-likeness (QED) is 0.790. The Morgan fingerprint density at radius 3 is 2.47 bits per heavy atom. The molecule has 0 bridgehead atoms. The van der Waals surface area contributed by atoms with Crippen molar-refractivity contribution in [3.63, 3.8) is 0 Å². The van der Waals surface area contributed by atoms with E-state index in [-0.39, 0.29) is 6.54 Å². The molecule has 1 aromatic carbocycles. The fourth-order valence-corrected chi connectivity index (χ4v) is 1.73. The fourth-order valence-electron chi connectivity index (χ4n) is 1.73. The lowest BCUT2D eigenvalue weighted by atomic mass is 10.1. The highest BCUT2D eigenvalue weighted by Crippen LogP contribution is 2.11. The molecule has 0 fully saturated rings. The van der Waals surface area contributed by atoms with Crippen LogP contribution in [-0.2, 0) is 13.1 Å². The van der Waals surface area contributed by atoms with Gasteiger partial charge in [-0.2, -0.15) is 0 Å². The van der Waals surface area contributed by atoms with Crippen LogP contribution in [0.4, 0.5) is 8.78 Å². The number of nitrogens with one attached hydrogen (secondary N) is 1. The summed E-state index contributed by atoms with van der Waals surface area (Å²) in [5.41, 5.74) is 2.28. The number of alkyl halides is 2. The molecule has 0 aliphatic carbocycles. The second kappa shape index (κ2) is 7.35. The number of rotatable bonds is 7. The van der Waals surface area contributed by atoms with Gasteiger partial charge >= 0.3 is 0 Å². The highest BCUT2D eigenvalue weighted by Gasteiger charge is 2.09. The SMILES string of the molecule is CCNCc1ccccc1CN(C)CC(F)F. The van der Waals surface area contributed by atoms with E-state index in [9.17, 15) is 8.78 Å². The Balaban J connectivity index is 2.62. The van der Waals surface area contributed by atoms with Gasteiger partial charge in [0, 0.05) is 13.1 Å². The highest BCUT2D eigenvalue weighted by molar-refractivity contribution is 5.26. The van der Waals surface area contributed by atoms with Gasteiger partial charge in [-0.25, -0.2) is 8.78 Å². The normalized spacial score (nSPS) is 11.4. The molecule has 0 unspecified atom stereocenters. The van der Waals surface area contributed by atoms with Crippen molar-refractivity contribution in [1.29, 1.82) is 0 Å². The molecule has 96 valence electrons. The minimum absolute atomic E-state index is 0.185. The van der Waals surface area contributed by atoms with Gasteiger partial charge in [-0.15, -0.1) is 0 Å². The summed E-state index contributed by atoms with van der Waals surface area (Å²) in [6.07, 6.45) is -2.28. The molecule has 4 heteroatoms. The van der Waals surface area contributed by atoms with Crippen LogP contribution in [0.2, 0.25) is 0 Å². The van der Waals surface area contributed by atoms with Crippen molar-refractivity contribution in [2.24, 2.45) is 0 Å². The van der Waals surface area contributed by atoms with Crippen LogP contribution < -0.4 is 5.32 Å². The molecule has 0 saturated carbocycles. The van der Waals surface area contributed by atoms with Crippen molar-refractivity contribution >= 4 is 0 Å². The predicted octanol–water partition coefficient (Wildman–Crippen LogP) is 2.49. The number of benzene rings is 1. The third-order valence-corrected chi connectivity index (χ3v) is 2.57. The summed E-state index contributed by atoms with van der Waals surface area (Å²) < 4.78 is 24.5. The molecule has 17 heavy (non-hydrogen) atoms. The third kappa shape index (κ3) is 5.24. The Labute approximate surface area is 102 Å². The second-order valence-electron chi connectivity index (χ2n) is 4.14. The molecule has 0 radical (unpaired) electrons. The average molecular weight is 242 g/mol. The first-order valence-corrected chi connectivity index (χ1v) is 5.87. The lowest BCUT2D eigenvalue weighted by Gasteiger charge is -2.18.